The molecule has 1 rings (SSSR count). The molecule has 0 unspecified atom stereocenters. The fourth-order valence-corrected chi connectivity index (χ4v) is 1.23. The highest BCUT2D eigenvalue weighted by Gasteiger charge is 2.17. The zero-order valence-electron chi connectivity index (χ0n) is 10.2. The summed E-state index contributed by atoms with van der Waals surface area (Å²) in [5, 5.41) is 9.32. The van der Waals surface area contributed by atoms with Gasteiger partial charge in [-0.15, -0.1) is 0 Å². The molecule has 1 aromatic rings. The number of aliphatic hydroxyl groups excluding tert-OH is 1. The molecule has 0 saturated carbocycles. The van der Waals surface area contributed by atoms with E-state index in [-0.39, 0.29) is 5.97 Å². The van der Waals surface area contributed by atoms with Crippen molar-refractivity contribution in [3.05, 3.63) is 35.4 Å². The van der Waals surface area contributed by atoms with Crippen LogP contribution in [0.2, 0.25) is 0 Å². The molecule has 1 aromatic carbocycles. The second kappa shape index (κ2) is 4.66. The third-order valence-corrected chi connectivity index (χ3v) is 2.03. The van der Waals surface area contributed by atoms with E-state index in [4.69, 9.17) is 4.74 Å². The van der Waals surface area contributed by atoms with E-state index in [1.807, 2.05) is 20.8 Å². The van der Waals surface area contributed by atoms with E-state index < -0.39 is 11.7 Å². The van der Waals surface area contributed by atoms with Crippen LogP contribution >= 0.6 is 0 Å². The second-order valence-electron chi connectivity index (χ2n) is 4.80. The fourth-order valence-electron chi connectivity index (χ4n) is 1.23. The minimum Gasteiger partial charge on any atom is -0.456 e. The monoisotopic (exact) mass is 222 g/mol. The SMILES string of the molecule is C[C@H](O)c1ccc(C(=O)OC(C)(C)C)cc1. The van der Waals surface area contributed by atoms with Crippen LogP contribution in [-0.2, 0) is 4.74 Å². The van der Waals surface area contributed by atoms with Gasteiger partial charge in [0, 0.05) is 0 Å². The molecule has 0 aliphatic carbocycles. The molecular formula is C13H18O3. The largest absolute Gasteiger partial charge is 0.456 e. The Morgan fingerprint density at radius 3 is 2.12 bits per heavy atom. The van der Waals surface area contributed by atoms with Gasteiger partial charge in [-0.05, 0) is 45.4 Å². The third-order valence-electron chi connectivity index (χ3n) is 2.03. The molecule has 0 saturated heterocycles. The van der Waals surface area contributed by atoms with Gasteiger partial charge in [0.25, 0.3) is 0 Å². The molecule has 1 N–H and O–H groups in total. The van der Waals surface area contributed by atoms with Crippen molar-refractivity contribution in [3.63, 3.8) is 0 Å². The Kier molecular flexibility index (Phi) is 3.70. The number of rotatable bonds is 2. The number of esters is 1. The number of carbonyl (C=O) groups excluding carboxylic acids is 1. The van der Waals surface area contributed by atoms with Crippen molar-refractivity contribution in [1.82, 2.24) is 0 Å². The van der Waals surface area contributed by atoms with Crippen LogP contribution in [0.1, 0.15) is 49.7 Å². The first-order chi connectivity index (χ1) is 7.29. The summed E-state index contributed by atoms with van der Waals surface area (Å²) in [5.74, 6) is -0.343. The Labute approximate surface area is 96.1 Å². The maximum atomic E-state index is 11.7. The third kappa shape index (κ3) is 3.66. The van der Waals surface area contributed by atoms with Crippen LogP contribution in [0.15, 0.2) is 24.3 Å². The van der Waals surface area contributed by atoms with Crippen molar-refractivity contribution in [1.29, 1.82) is 0 Å². The molecule has 0 aromatic heterocycles. The molecule has 1 atom stereocenters. The Balaban J connectivity index is 2.78. The Morgan fingerprint density at radius 1 is 1.25 bits per heavy atom. The summed E-state index contributed by atoms with van der Waals surface area (Å²) in [4.78, 5) is 11.7. The van der Waals surface area contributed by atoms with E-state index in [2.05, 4.69) is 0 Å². The molecule has 16 heavy (non-hydrogen) atoms. The van der Waals surface area contributed by atoms with Gasteiger partial charge < -0.3 is 9.84 Å². The lowest BCUT2D eigenvalue weighted by molar-refractivity contribution is 0.00694. The van der Waals surface area contributed by atoms with Crippen LogP contribution in [0.5, 0.6) is 0 Å². The summed E-state index contributed by atoms with van der Waals surface area (Å²) < 4.78 is 5.22. The van der Waals surface area contributed by atoms with Crippen LogP contribution in [-0.4, -0.2) is 16.7 Å². The Hall–Kier alpha value is -1.35. The lowest BCUT2D eigenvalue weighted by Crippen LogP contribution is -2.23. The summed E-state index contributed by atoms with van der Waals surface area (Å²) in [6.45, 7) is 7.17. The van der Waals surface area contributed by atoms with Gasteiger partial charge in [-0.1, -0.05) is 12.1 Å². The molecule has 0 spiro atoms. The lowest BCUT2D eigenvalue weighted by Gasteiger charge is -2.19. The molecular weight excluding hydrogens is 204 g/mol. The maximum Gasteiger partial charge on any atom is 0.338 e. The summed E-state index contributed by atoms with van der Waals surface area (Å²) in [7, 11) is 0. The van der Waals surface area contributed by atoms with Gasteiger partial charge >= 0.3 is 5.97 Å². The maximum absolute atomic E-state index is 11.7. The Morgan fingerprint density at radius 2 is 1.75 bits per heavy atom. The molecule has 0 heterocycles. The summed E-state index contributed by atoms with van der Waals surface area (Å²) >= 11 is 0. The Bertz CT molecular complexity index is 358. The highest BCUT2D eigenvalue weighted by Crippen LogP contribution is 2.15. The van der Waals surface area contributed by atoms with E-state index in [9.17, 15) is 9.90 Å². The zero-order chi connectivity index (χ0) is 12.3. The average Bonchev–Trinajstić information content (AvgIpc) is 2.15. The molecule has 88 valence electrons. The van der Waals surface area contributed by atoms with Crippen LogP contribution < -0.4 is 0 Å². The first-order valence-corrected chi connectivity index (χ1v) is 5.31. The predicted molar refractivity (Wildman–Crippen MR) is 62.2 cm³/mol. The molecule has 3 heteroatoms. The van der Waals surface area contributed by atoms with Crippen molar-refractivity contribution in [2.75, 3.05) is 0 Å². The van der Waals surface area contributed by atoms with Crippen LogP contribution in [0.4, 0.5) is 0 Å². The number of aliphatic hydroxyl groups is 1. The minimum atomic E-state index is -0.521. The number of hydrogen-bond donors (Lipinski definition) is 1. The van der Waals surface area contributed by atoms with Gasteiger partial charge in [-0.3, -0.25) is 0 Å². The highest BCUT2D eigenvalue weighted by atomic mass is 16.6. The van der Waals surface area contributed by atoms with Gasteiger partial charge in [-0.25, -0.2) is 4.79 Å². The van der Waals surface area contributed by atoms with Gasteiger partial charge in [0.2, 0.25) is 0 Å². The first-order valence-electron chi connectivity index (χ1n) is 5.31. The van der Waals surface area contributed by atoms with E-state index in [1.54, 1.807) is 31.2 Å². The quantitative estimate of drug-likeness (QED) is 0.782. The van der Waals surface area contributed by atoms with E-state index >= 15 is 0 Å². The zero-order valence-corrected chi connectivity index (χ0v) is 10.2. The molecule has 3 nitrogen and oxygen atoms in total. The van der Waals surface area contributed by atoms with E-state index in [0.29, 0.717) is 5.56 Å². The molecule has 0 aliphatic rings. The van der Waals surface area contributed by atoms with Gasteiger partial charge in [-0.2, -0.15) is 0 Å². The predicted octanol–water partition coefficient (Wildman–Crippen LogP) is 2.70. The van der Waals surface area contributed by atoms with Crippen molar-refractivity contribution >= 4 is 5.97 Å². The molecule has 0 radical (unpaired) electrons. The molecule has 0 amide bonds. The first kappa shape index (κ1) is 12.7. The summed E-state index contributed by atoms with van der Waals surface area (Å²) in [6.07, 6.45) is -0.521. The summed E-state index contributed by atoms with van der Waals surface area (Å²) in [6, 6.07) is 6.78. The van der Waals surface area contributed by atoms with E-state index in [0.717, 1.165) is 5.56 Å². The topological polar surface area (TPSA) is 46.5 Å². The average molecular weight is 222 g/mol. The summed E-state index contributed by atoms with van der Waals surface area (Å²) in [5.41, 5.74) is 0.798. The lowest BCUT2D eigenvalue weighted by atomic mass is 10.1. The smallest absolute Gasteiger partial charge is 0.338 e. The van der Waals surface area contributed by atoms with E-state index in [1.165, 1.54) is 0 Å². The molecule has 0 aliphatic heterocycles. The van der Waals surface area contributed by atoms with Gasteiger partial charge in [0.15, 0.2) is 0 Å². The molecule has 0 fully saturated rings. The molecule has 0 bridgehead atoms. The van der Waals surface area contributed by atoms with Gasteiger partial charge in [0.1, 0.15) is 5.60 Å². The second-order valence-corrected chi connectivity index (χ2v) is 4.80. The van der Waals surface area contributed by atoms with Crippen molar-refractivity contribution in [2.24, 2.45) is 0 Å². The number of ether oxygens (including phenoxy) is 1. The van der Waals surface area contributed by atoms with Crippen LogP contribution in [0.3, 0.4) is 0 Å². The van der Waals surface area contributed by atoms with Crippen molar-refractivity contribution in [3.8, 4) is 0 Å². The minimum absolute atomic E-state index is 0.343. The van der Waals surface area contributed by atoms with Gasteiger partial charge in [0.05, 0.1) is 11.7 Å². The van der Waals surface area contributed by atoms with Crippen LogP contribution in [0.25, 0.3) is 0 Å². The highest BCUT2D eigenvalue weighted by molar-refractivity contribution is 5.89. The number of carbonyl (C=O) groups is 1. The standard InChI is InChI=1S/C13H18O3/c1-9(14)10-5-7-11(8-6-10)12(15)16-13(2,3)4/h5-9,14H,1-4H3/t9-/m0/s1. The fraction of sp³-hybridized carbons (Fsp3) is 0.462. The number of hydrogen-bond acceptors (Lipinski definition) is 3. The van der Waals surface area contributed by atoms with Crippen molar-refractivity contribution in [2.45, 2.75) is 39.4 Å². The normalized spacial score (nSPS) is 13.3. The van der Waals surface area contributed by atoms with Crippen LogP contribution in [0, 0.1) is 0 Å². The number of benzene rings is 1. The van der Waals surface area contributed by atoms with Crippen molar-refractivity contribution < 1.29 is 14.6 Å².